The van der Waals surface area contributed by atoms with Gasteiger partial charge in [0, 0.05) is 45.0 Å². The molecule has 1 amide bonds. The zero-order chi connectivity index (χ0) is 22.5. The van der Waals surface area contributed by atoms with Crippen molar-refractivity contribution >= 4 is 40.2 Å². The highest BCUT2D eigenvalue weighted by molar-refractivity contribution is 7.99. The second-order valence-corrected chi connectivity index (χ2v) is 8.90. The maximum atomic E-state index is 12.6. The summed E-state index contributed by atoms with van der Waals surface area (Å²) in [6.45, 7) is 6.05. The lowest BCUT2D eigenvalue weighted by atomic mass is 10.2. The number of ether oxygens (including phenoxy) is 1. The van der Waals surface area contributed by atoms with E-state index in [9.17, 15) is 4.79 Å². The summed E-state index contributed by atoms with van der Waals surface area (Å²) in [5.41, 5.74) is 2.42. The van der Waals surface area contributed by atoms with Gasteiger partial charge in [-0.05, 0) is 24.0 Å². The number of fused-ring (bicyclic) bond motifs is 1. The zero-order valence-corrected chi connectivity index (χ0v) is 19.6. The molecule has 0 saturated carbocycles. The van der Waals surface area contributed by atoms with Gasteiger partial charge in [-0.3, -0.25) is 4.79 Å². The smallest absolute Gasteiger partial charge is 0.251 e. The molecule has 1 saturated heterocycles. The van der Waals surface area contributed by atoms with Crippen molar-refractivity contribution in [3.05, 3.63) is 36.0 Å². The maximum Gasteiger partial charge on any atom is 0.251 e. The van der Waals surface area contributed by atoms with E-state index in [1.807, 2.05) is 54.1 Å². The van der Waals surface area contributed by atoms with E-state index in [1.54, 1.807) is 11.8 Å². The third-order valence-corrected chi connectivity index (χ3v) is 6.00. The molecule has 0 spiro atoms. The largest absolute Gasteiger partial charge is 0.378 e. The third kappa shape index (κ3) is 4.97. The molecular formula is C22H29N7O2S. The first-order valence-corrected chi connectivity index (χ1v) is 11.8. The van der Waals surface area contributed by atoms with E-state index in [4.69, 9.17) is 14.7 Å². The summed E-state index contributed by atoms with van der Waals surface area (Å²) in [5.74, 6) is 1.70. The van der Waals surface area contributed by atoms with Crippen molar-refractivity contribution in [1.29, 1.82) is 0 Å². The molecule has 3 heterocycles. The van der Waals surface area contributed by atoms with Crippen LogP contribution in [0.15, 0.2) is 35.6 Å². The highest BCUT2D eigenvalue weighted by Crippen LogP contribution is 2.27. The van der Waals surface area contributed by atoms with Gasteiger partial charge in [0.2, 0.25) is 0 Å². The summed E-state index contributed by atoms with van der Waals surface area (Å²) in [7, 11) is 3.91. The number of carbonyl (C=O) groups excluding carboxylic acids is 1. The minimum Gasteiger partial charge on any atom is -0.378 e. The molecule has 0 aliphatic carbocycles. The fraction of sp³-hybridized carbons (Fsp3) is 0.455. The molecule has 1 aliphatic heterocycles. The number of thioether (sulfide) groups is 1. The van der Waals surface area contributed by atoms with E-state index >= 15 is 0 Å². The van der Waals surface area contributed by atoms with E-state index in [2.05, 4.69) is 22.2 Å². The van der Waals surface area contributed by atoms with Crippen LogP contribution in [0.5, 0.6) is 0 Å². The Bertz CT molecular complexity index is 1080. The summed E-state index contributed by atoms with van der Waals surface area (Å²) < 4.78 is 7.34. The second kappa shape index (κ2) is 10.2. The van der Waals surface area contributed by atoms with Gasteiger partial charge in [0.25, 0.3) is 5.91 Å². The minimum absolute atomic E-state index is 0.101. The Hall–Kier alpha value is -2.85. The number of benzene rings is 1. The van der Waals surface area contributed by atoms with Crippen LogP contribution in [0.2, 0.25) is 0 Å². The second-order valence-electron chi connectivity index (χ2n) is 7.67. The lowest BCUT2D eigenvalue weighted by Crippen LogP contribution is -2.37. The van der Waals surface area contributed by atoms with Crippen LogP contribution in [0.3, 0.4) is 0 Å². The average Bonchev–Trinajstić information content (AvgIpc) is 3.22. The van der Waals surface area contributed by atoms with Gasteiger partial charge in [0.1, 0.15) is 5.82 Å². The van der Waals surface area contributed by atoms with Crippen LogP contribution in [0.25, 0.3) is 11.0 Å². The van der Waals surface area contributed by atoms with Crippen LogP contribution >= 0.6 is 11.8 Å². The Morgan fingerprint density at radius 1 is 1.25 bits per heavy atom. The Morgan fingerprint density at radius 2 is 2.06 bits per heavy atom. The van der Waals surface area contributed by atoms with Crippen molar-refractivity contribution < 1.29 is 9.53 Å². The van der Waals surface area contributed by atoms with Crippen LogP contribution in [-0.4, -0.2) is 78.4 Å². The topological polar surface area (TPSA) is 88.4 Å². The molecule has 4 rings (SSSR count). The first kappa shape index (κ1) is 22.3. The first-order chi connectivity index (χ1) is 15.6. The van der Waals surface area contributed by atoms with E-state index in [1.165, 1.54) is 0 Å². The van der Waals surface area contributed by atoms with Crippen molar-refractivity contribution in [2.45, 2.75) is 18.6 Å². The molecule has 1 fully saturated rings. The number of amides is 1. The number of anilines is 2. The van der Waals surface area contributed by atoms with Crippen LogP contribution in [0, 0.1) is 0 Å². The molecule has 0 unspecified atom stereocenters. The van der Waals surface area contributed by atoms with Gasteiger partial charge in [0.15, 0.2) is 10.8 Å². The molecule has 1 aliphatic rings. The molecule has 0 bridgehead atoms. The highest BCUT2D eigenvalue weighted by atomic mass is 32.2. The Morgan fingerprint density at radius 3 is 2.81 bits per heavy atom. The van der Waals surface area contributed by atoms with E-state index in [0.29, 0.717) is 31.9 Å². The number of hydrogen-bond donors (Lipinski definition) is 1. The van der Waals surface area contributed by atoms with Crippen molar-refractivity contribution in [2.24, 2.45) is 0 Å². The molecule has 170 valence electrons. The maximum absolute atomic E-state index is 12.6. The molecule has 2 aromatic heterocycles. The van der Waals surface area contributed by atoms with Crippen LogP contribution in [-0.2, 0) is 11.3 Å². The Kier molecular flexibility index (Phi) is 7.11. The Labute approximate surface area is 192 Å². The Balaban J connectivity index is 1.50. The number of morpholine rings is 1. The van der Waals surface area contributed by atoms with Gasteiger partial charge in [-0.1, -0.05) is 24.8 Å². The van der Waals surface area contributed by atoms with Crippen molar-refractivity contribution in [3.63, 3.8) is 0 Å². The molecule has 0 atom stereocenters. The quantitative estimate of drug-likeness (QED) is 0.409. The number of nitrogens with one attached hydrogen (secondary N) is 1. The molecule has 1 aromatic carbocycles. The molecule has 10 heteroatoms. The summed E-state index contributed by atoms with van der Waals surface area (Å²) in [6, 6.07) is 7.57. The molecule has 32 heavy (non-hydrogen) atoms. The standard InChI is InChI=1S/C22H29N7O2S/c1-4-32-22-25-19(28-10-12-31-13-11-28)18-15-24-29(20(18)26-22)9-8-23-21(30)16-6-5-7-17(14-16)27(2)3/h5-7,14-15H,4,8-13H2,1-3H3,(H,23,30). The number of rotatable bonds is 8. The lowest BCUT2D eigenvalue weighted by molar-refractivity contribution is 0.0952. The fourth-order valence-corrected chi connectivity index (χ4v) is 4.16. The molecule has 3 aromatic rings. The molecule has 0 radical (unpaired) electrons. The van der Waals surface area contributed by atoms with Gasteiger partial charge in [0.05, 0.1) is 31.3 Å². The number of carbonyl (C=O) groups is 1. The first-order valence-electron chi connectivity index (χ1n) is 10.8. The summed E-state index contributed by atoms with van der Waals surface area (Å²) in [4.78, 5) is 26.4. The molecular weight excluding hydrogens is 426 g/mol. The monoisotopic (exact) mass is 455 g/mol. The molecule has 1 N–H and O–H groups in total. The predicted octanol–water partition coefficient (Wildman–Crippen LogP) is 2.27. The summed E-state index contributed by atoms with van der Waals surface area (Å²) >= 11 is 1.62. The molecule has 9 nitrogen and oxygen atoms in total. The van der Waals surface area contributed by atoms with Gasteiger partial charge >= 0.3 is 0 Å². The van der Waals surface area contributed by atoms with E-state index in [0.717, 1.165) is 46.5 Å². The zero-order valence-electron chi connectivity index (χ0n) is 18.7. The predicted molar refractivity (Wildman–Crippen MR) is 128 cm³/mol. The summed E-state index contributed by atoms with van der Waals surface area (Å²) in [6.07, 6.45) is 1.82. The van der Waals surface area contributed by atoms with E-state index in [-0.39, 0.29) is 5.91 Å². The fourth-order valence-electron chi connectivity index (χ4n) is 3.60. The van der Waals surface area contributed by atoms with Gasteiger partial charge < -0.3 is 19.9 Å². The van der Waals surface area contributed by atoms with Crippen molar-refractivity contribution in [3.8, 4) is 0 Å². The van der Waals surface area contributed by atoms with Gasteiger partial charge in [-0.2, -0.15) is 5.10 Å². The third-order valence-electron chi connectivity index (χ3n) is 5.27. The lowest BCUT2D eigenvalue weighted by Gasteiger charge is -2.28. The minimum atomic E-state index is -0.101. The average molecular weight is 456 g/mol. The van der Waals surface area contributed by atoms with E-state index < -0.39 is 0 Å². The normalized spacial score (nSPS) is 14.0. The van der Waals surface area contributed by atoms with Gasteiger partial charge in [-0.15, -0.1) is 0 Å². The summed E-state index contributed by atoms with van der Waals surface area (Å²) in [5, 5.41) is 9.21. The van der Waals surface area contributed by atoms with Crippen LogP contribution < -0.4 is 15.1 Å². The van der Waals surface area contributed by atoms with Crippen molar-refractivity contribution in [2.75, 3.05) is 62.5 Å². The van der Waals surface area contributed by atoms with Crippen LogP contribution in [0.4, 0.5) is 11.5 Å². The van der Waals surface area contributed by atoms with Crippen molar-refractivity contribution in [1.82, 2.24) is 25.1 Å². The van der Waals surface area contributed by atoms with Gasteiger partial charge in [-0.25, -0.2) is 14.6 Å². The van der Waals surface area contributed by atoms with Crippen LogP contribution in [0.1, 0.15) is 17.3 Å². The SMILES string of the molecule is CCSc1nc(N2CCOCC2)c2cnn(CCNC(=O)c3cccc(N(C)C)c3)c2n1. The number of hydrogen-bond acceptors (Lipinski definition) is 8. The number of aromatic nitrogens is 4. The number of nitrogens with zero attached hydrogens (tertiary/aromatic N) is 6. The highest BCUT2D eigenvalue weighted by Gasteiger charge is 2.20.